The van der Waals surface area contributed by atoms with Crippen LogP contribution in [0, 0.1) is 11.8 Å². The van der Waals surface area contributed by atoms with E-state index in [9.17, 15) is 9.59 Å². The molecule has 0 spiro atoms. The van der Waals surface area contributed by atoms with E-state index in [1.54, 1.807) is 0 Å². The van der Waals surface area contributed by atoms with Crippen molar-refractivity contribution in [2.24, 2.45) is 11.8 Å². The molecule has 0 aromatic carbocycles. The van der Waals surface area contributed by atoms with Gasteiger partial charge < -0.3 is 18.9 Å². The molecule has 6 fully saturated rings. The summed E-state index contributed by atoms with van der Waals surface area (Å²) in [5.74, 6) is -0.199. The molecule has 6 rings (SSSR count). The molecule has 182 valence electrons. The molecule has 6 unspecified atom stereocenters. The van der Waals surface area contributed by atoms with Crippen LogP contribution in [0.3, 0.4) is 0 Å². The Morgan fingerprint density at radius 2 is 1.24 bits per heavy atom. The minimum Gasteiger partial charge on any atom is -0.458 e. The molecular weight excluding hydrogens is 420 g/mol. The van der Waals surface area contributed by atoms with Gasteiger partial charge in [-0.2, -0.15) is 0 Å². The number of hydrogen-bond acceptors (Lipinski definition) is 6. The Kier molecular flexibility index (Phi) is 5.60. The normalized spacial score (nSPS) is 39.8. The van der Waals surface area contributed by atoms with Gasteiger partial charge in [0.05, 0.1) is 30.8 Å². The van der Waals surface area contributed by atoms with Crippen LogP contribution in [0.1, 0.15) is 96.3 Å². The number of esters is 2. The lowest BCUT2D eigenvalue weighted by Gasteiger charge is -2.39. The molecule has 0 amide bonds. The molecule has 2 aliphatic carbocycles. The molecule has 6 heteroatoms. The highest BCUT2D eigenvalue weighted by Crippen LogP contribution is 2.53. The van der Waals surface area contributed by atoms with Gasteiger partial charge in [0.1, 0.15) is 11.2 Å². The lowest BCUT2D eigenvalue weighted by atomic mass is 9.75. The van der Waals surface area contributed by atoms with Gasteiger partial charge in [0.15, 0.2) is 0 Å². The van der Waals surface area contributed by atoms with E-state index >= 15 is 0 Å². The second-order valence-corrected chi connectivity index (χ2v) is 11.6. The highest BCUT2D eigenvalue weighted by atomic mass is 16.6. The number of ether oxygens (including phenoxy) is 4. The van der Waals surface area contributed by atoms with Crippen molar-refractivity contribution in [2.75, 3.05) is 0 Å². The third-order valence-electron chi connectivity index (χ3n) is 9.72. The molecule has 2 saturated carbocycles. The molecule has 0 aromatic heterocycles. The van der Waals surface area contributed by atoms with Gasteiger partial charge in [0.25, 0.3) is 0 Å². The van der Waals surface area contributed by atoms with Crippen molar-refractivity contribution in [2.45, 2.75) is 132 Å². The van der Waals surface area contributed by atoms with Crippen molar-refractivity contribution in [1.29, 1.82) is 0 Å². The topological polar surface area (TPSA) is 71.1 Å². The fourth-order valence-corrected chi connectivity index (χ4v) is 8.19. The van der Waals surface area contributed by atoms with Crippen LogP contribution in [0.25, 0.3) is 0 Å². The zero-order valence-corrected chi connectivity index (χ0v) is 19.7. The van der Waals surface area contributed by atoms with Crippen LogP contribution in [0.5, 0.6) is 0 Å². The lowest BCUT2D eigenvalue weighted by Crippen LogP contribution is -2.45. The minimum absolute atomic E-state index is 0.0917. The van der Waals surface area contributed by atoms with Crippen molar-refractivity contribution < 1.29 is 28.5 Å². The summed E-state index contributed by atoms with van der Waals surface area (Å²) in [7, 11) is 0. The average Bonchev–Trinajstić information content (AvgIpc) is 3.63. The zero-order valence-electron chi connectivity index (χ0n) is 19.7. The zero-order chi connectivity index (χ0) is 22.6. The predicted molar refractivity (Wildman–Crippen MR) is 120 cm³/mol. The van der Waals surface area contributed by atoms with Crippen LogP contribution < -0.4 is 0 Å². The van der Waals surface area contributed by atoms with Crippen LogP contribution in [-0.2, 0) is 28.5 Å². The summed E-state index contributed by atoms with van der Waals surface area (Å²) in [6.07, 6.45) is 15.3. The van der Waals surface area contributed by atoms with Crippen LogP contribution in [0.4, 0.5) is 0 Å². The fraction of sp³-hybridized carbons (Fsp3) is 0.852. The smallest absolute Gasteiger partial charge is 0.334 e. The SMILES string of the molecule is C=C(CC(=O)OC1(C2CC3CCC2O3)CCCC1)C(=O)OC1(C2CC3CCC2O3)CCCC1. The van der Waals surface area contributed by atoms with Gasteiger partial charge in [0.2, 0.25) is 0 Å². The molecule has 33 heavy (non-hydrogen) atoms. The van der Waals surface area contributed by atoms with E-state index in [-0.39, 0.29) is 36.1 Å². The molecule has 4 saturated heterocycles. The van der Waals surface area contributed by atoms with Crippen LogP contribution in [-0.4, -0.2) is 47.6 Å². The molecule has 6 nitrogen and oxygen atoms in total. The first-order valence-electron chi connectivity index (χ1n) is 13.4. The maximum atomic E-state index is 13.1. The van der Waals surface area contributed by atoms with Gasteiger partial charge >= 0.3 is 11.9 Å². The first-order chi connectivity index (χ1) is 16.0. The number of rotatable bonds is 7. The van der Waals surface area contributed by atoms with Crippen molar-refractivity contribution >= 4 is 11.9 Å². The summed E-state index contributed by atoms with van der Waals surface area (Å²) in [6.45, 7) is 3.94. The predicted octanol–water partition coefficient (Wildman–Crippen LogP) is 4.78. The number of carbonyl (C=O) groups is 2. The summed E-state index contributed by atoms with van der Waals surface area (Å²) in [5.41, 5.74) is -0.655. The number of hydrogen-bond donors (Lipinski definition) is 0. The number of fused-ring (bicyclic) bond motifs is 4. The maximum absolute atomic E-state index is 13.1. The van der Waals surface area contributed by atoms with E-state index in [1.807, 2.05) is 0 Å². The number of carbonyl (C=O) groups excluding carboxylic acids is 2. The molecule has 4 bridgehead atoms. The third kappa shape index (κ3) is 3.85. The first kappa shape index (κ1) is 22.1. The Morgan fingerprint density at radius 1 is 0.758 bits per heavy atom. The Balaban J connectivity index is 1.08. The van der Waals surface area contributed by atoms with Gasteiger partial charge in [-0.1, -0.05) is 6.58 Å². The summed E-state index contributed by atoms with van der Waals surface area (Å²) in [6, 6.07) is 0. The molecule has 4 heterocycles. The van der Waals surface area contributed by atoms with Gasteiger partial charge in [-0.05, 0) is 89.9 Å². The Morgan fingerprint density at radius 3 is 1.67 bits per heavy atom. The van der Waals surface area contributed by atoms with Crippen molar-refractivity contribution in [3.05, 3.63) is 12.2 Å². The van der Waals surface area contributed by atoms with Crippen LogP contribution >= 0.6 is 0 Å². The Bertz CT molecular complexity index is 807. The highest BCUT2D eigenvalue weighted by Gasteiger charge is 2.56. The largest absolute Gasteiger partial charge is 0.458 e. The molecule has 0 N–H and O–H groups in total. The summed E-state index contributed by atoms with van der Waals surface area (Å²) in [5, 5.41) is 0. The maximum Gasteiger partial charge on any atom is 0.334 e. The van der Waals surface area contributed by atoms with E-state index < -0.39 is 17.2 Å². The quantitative estimate of drug-likeness (QED) is 0.404. The van der Waals surface area contributed by atoms with E-state index in [1.165, 1.54) is 0 Å². The fourth-order valence-electron chi connectivity index (χ4n) is 8.19. The van der Waals surface area contributed by atoms with Crippen molar-refractivity contribution in [3.63, 3.8) is 0 Å². The molecule has 0 aromatic rings. The van der Waals surface area contributed by atoms with Crippen LogP contribution in [0.15, 0.2) is 12.2 Å². The Hall–Kier alpha value is -1.40. The van der Waals surface area contributed by atoms with Gasteiger partial charge in [-0.15, -0.1) is 0 Å². The van der Waals surface area contributed by atoms with Gasteiger partial charge in [-0.3, -0.25) is 4.79 Å². The molecule has 6 atom stereocenters. The first-order valence-corrected chi connectivity index (χ1v) is 13.4. The standard InChI is InChI=1S/C27H38O6/c1-17(25(29)33-27(12-4-5-13-27)21-16-19-7-9-23(21)31-19)14-24(28)32-26(10-2-3-11-26)20-15-18-6-8-22(20)30-18/h18-23H,1-16H2. The second-order valence-electron chi connectivity index (χ2n) is 11.6. The average molecular weight is 459 g/mol. The lowest BCUT2D eigenvalue weighted by molar-refractivity contribution is -0.171. The van der Waals surface area contributed by atoms with Crippen molar-refractivity contribution in [1.82, 2.24) is 0 Å². The molecule has 0 radical (unpaired) electrons. The molecule has 4 aliphatic heterocycles. The van der Waals surface area contributed by atoms with Gasteiger partial charge in [-0.25, -0.2) is 4.79 Å². The summed E-state index contributed by atoms with van der Waals surface area (Å²) in [4.78, 5) is 26.1. The van der Waals surface area contributed by atoms with E-state index in [0.29, 0.717) is 18.1 Å². The summed E-state index contributed by atoms with van der Waals surface area (Å²) < 4.78 is 24.5. The monoisotopic (exact) mass is 458 g/mol. The van der Waals surface area contributed by atoms with E-state index in [2.05, 4.69) is 6.58 Å². The highest BCUT2D eigenvalue weighted by molar-refractivity contribution is 5.93. The van der Waals surface area contributed by atoms with E-state index in [4.69, 9.17) is 18.9 Å². The Labute approximate surface area is 196 Å². The van der Waals surface area contributed by atoms with Crippen LogP contribution in [0.2, 0.25) is 0 Å². The summed E-state index contributed by atoms with van der Waals surface area (Å²) >= 11 is 0. The van der Waals surface area contributed by atoms with E-state index in [0.717, 1.165) is 89.9 Å². The van der Waals surface area contributed by atoms with Crippen molar-refractivity contribution in [3.8, 4) is 0 Å². The third-order valence-corrected chi connectivity index (χ3v) is 9.72. The van der Waals surface area contributed by atoms with Gasteiger partial charge in [0, 0.05) is 17.4 Å². The molecular formula is C27H38O6. The molecule has 6 aliphatic rings. The second kappa shape index (κ2) is 8.37. The minimum atomic E-state index is -0.448.